The summed E-state index contributed by atoms with van der Waals surface area (Å²) in [4.78, 5) is 23.4. The van der Waals surface area contributed by atoms with Crippen molar-refractivity contribution < 1.29 is 9.59 Å². The third kappa shape index (κ3) is 6.44. The van der Waals surface area contributed by atoms with Gasteiger partial charge < -0.3 is 5.32 Å². The van der Waals surface area contributed by atoms with Gasteiger partial charge >= 0.3 is 0 Å². The average molecular weight is 323 g/mol. The maximum atomic E-state index is 11.7. The topological polar surface area (TPSA) is 70.6 Å². The fourth-order valence-electron chi connectivity index (χ4n) is 2.00. The Labute approximate surface area is 141 Å². The molecule has 5 nitrogen and oxygen atoms in total. The first-order valence-corrected chi connectivity index (χ1v) is 7.82. The smallest absolute Gasteiger partial charge is 0.240 e. The summed E-state index contributed by atoms with van der Waals surface area (Å²) in [5.74, 6) is -0.440. The second-order valence-corrected chi connectivity index (χ2v) is 5.47. The number of nitrogens with zero attached hydrogens (tertiary/aromatic N) is 1. The van der Waals surface area contributed by atoms with E-state index in [9.17, 15) is 9.59 Å². The molecule has 0 atom stereocenters. The van der Waals surface area contributed by atoms with Gasteiger partial charge in [0, 0.05) is 19.4 Å². The van der Waals surface area contributed by atoms with Crippen LogP contribution in [0.2, 0.25) is 0 Å². The summed E-state index contributed by atoms with van der Waals surface area (Å²) in [6.45, 7) is 2.47. The molecule has 0 unspecified atom stereocenters. The molecule has 0 aliphatic heterocycles. The molecule has 0 aliphatic carbocycles. The lowest BCUT2D eigenvalue weighted by atomic mass is 10.2. The number of hydrazone groups is 1. The van der Waals surface area contributed by atoms with Crippen molar-refractivity contribution in [3.05, 3.63) is 71.3 Å². The number of carbonyl (C=O) groups excluding carboxylic acids is 2. The van der Waals surface area contributed by atoms with Crippen LogP contribution in [-0.4, -0.2) is 18.0 Å². The summed E-state index contributed by atoms with van der Waals surface area (Å²) in [5.41, 5.74) is 5.52. The van der Waals surface area contributed by atoms with E-state index < -0.39 is 0 Å². The maximum absolute atomic E-state index is 11.7. The van der Waals surface area contributed by atoms with E-state index in [-0.39, 0.29) is 24.7 Å². The van der Waals surface area contributed by atoms with Gasteiger partial charge in [0.25, 0.3) is 0 Å². The Hall–Kier alpha value is -2.95. The lowest BCUT2D eigenvalue weighted by Crippen LogP contribution is -2.25. The number of benzene rings is 2. The highest BCUT2D eigenvalue weighted by atomic mass is 16.2. The van der Waals surface area contributed by atoms with E-state index in [2.05, 4.69) is 15.8 Å². The Morgan fingerprint density at radius 1 is 0.958 bits per heavy atom. The van der Waals surface area contributed by atoms with Gasteiger partial charge in [0.1, 0.15) is 0 Å². The van der Waals surface area contributed by atoms with Crippen LogP contribution in [0, 0.1) is 6.92 Å². The predicted octanol–water partition coefficient (Wildman–Crippen LogP) is 2.54. The minimum absolute atomic E-state index is 0.103. The van der Waals surface area contributed by atoms with Crippen LogP contribution < -0.4 is 10.7 Å². The quantitative estimate of drug-likeness (QED) is 0.607. The SMILES string of the molecule is Cc1ccc(/C=N/NC(=O)CCC(=O)NCc2ccccc2)cc1. The monoisotopic (exact) mass is 323 g/mol. The Balaban J connectivity index is 1.65. The number of carbonyl (C=O) groups is 2. The molecule has 0 aromatic heterocycles. The standard InChI is InChI=1S/C19H21N3O2/c1-15-7-9-17(10-8-15)14-21-22-19(24)12-11-18(23)20-13-16-5-3-2-4-6-16/h2-10,14H,11-13H2,1H3,(H,20,23)(H,22,24)/b21-14+. The van der Waals surface area contributed by atoms with Gasteiger partial charge in [-0.05, 0) is 18.1 Å². The van der Waals surface area contributed by atoms with Gasteiger partial charge in [-0.25, -0.2) is 5.43 Å². The largest absolute Gasteiger partial charge is 0.352 e. The lowest BCUT2D eigenvalue weighted by molar-refractivity contribution is -0.126. The van der Waals surface area contributed by atoms with Gasteiger partial charge in [-0.1, -0.05) is 60.2 Å². The molecule has 5 heteroatoms. The van der Waals surface area contributed by atoms with Crippen molar-refractivity contribution >= 4 is 18.0 Å². The van der Waals surface area contributed by atoms with Gasteiger partial charge in [0.05, 0.1) is 6.21 Å². The first-order valence-electron chi connectivity index (χ1n) is 7.82. The van der Waals surface area contributed by atoms with Crippen LogP contribution in [0.3, 0.4) is 0 Å². The highest BCUT2D eigenvalue weighted by Gasteiger charge is 2.05. The summed E-state index contributed by atoms with van der Waals surface area (Å²) < 4.78 is 0. The summed E-state index contributed by atoms with van der Waals surface area (Å²) in [7, 11) is 0. The van der Waals surface area contributed by atoms with Crippen LogP contribution >= 0.6 is 0 Å². The summed E-state index contributed by atoms with van der Waals surface area (Å²) in [6, 6.07) is 17.4. The first-order chi connectivity index (χ1) is 11.6. The van der Waals surface area contributed by atoms with Crippen molar-refractivity contribution in [2.75, 3.05) is 0 Å². The number of nitrogens with one attached hydrogen (secondary N) is 2. The number of amides is 2. The van der Waals surface area contributed by atoms with Gasteiger partial charge in [-0.15, -0.1) is 0 Å². The van der Waals surface area contributed by atoms with Crippen molar-refractivity contribution in [1.82, 2.24) is 10.7 Å². The number of rotatable bonds is 7. The Bertz CT molecular complexity index is 694. The highest BCUT2D eigenvalue weighted by molar-refractivity contribution is 5.85. The van der Waals surface area contributed by atoms with Crippen LogP contribution in [-0.2, 0) is 16.1 Å². The van der Waals surface area contributed by atoms with Gasteiger partial charge in [-0.3, -0.25) is 9.59 Å². The zero-order valence-corrected chi connectivity index (χ0v) is 13.7. The molecule has 2 N–H and O–H groups in total. The van der Waals surface area contributed by atoms with Crippen LogP contribution in [0.25, 0.3) is 0 Å². The molecular formula is C19H21N3O2. The van der Waals surface area contributed by atoms with Crippen molar-refractivity contribution in [3.8, 4) is 0 Å². The third-order valence-corrected chi connectivity index (χ3v) is 3.39. The minimum Gasteiger partial charge on any atom is -0.352 e. The predicted molar refractivity (Wildman–Crippen MR) is 94.4 cm³/mol. The molecule has 2 aromatic rings. The minimum atomic E-state index is -0.284. The second kappa shape index (κ2) is 9.25. The number of aryl methyl sites for hydroxylation is 1. The summed E-state index contributed by atoms with van der Waals surface area (Å²) >= 11 is 0. The van der Waals surface area contributed by atoms with E-state index in [1.54, 1.807) is 6.21 Å². The molecule has 24 heavy (non-hydrogen) atoms. The fourth-order valence-corrected chi connectivity index (χ4v) is 2.00. The lowest BCUT2D eigenvalue weighted by Gasteiger charge is -2.04. The summed E-state index contributed by atoms with van der Waals surface area (Å²) in [6.07, 6.45) is 1.82. The highest BCUT2D eigenvalue weighted by Crippen LogP contribution is 2.00. The van der Waals surface area contributed by atoms with E-state index >= 15 is 0 Å². The zero-order valence-electron chi connectivity index (χ0n) is 13.7. The molecular weight excluding hydrogens is 302 g/mol. The van der Waals surface area contributed by atoms with Crippen molar-refractivity contribution in [1.29, 1.82) is 0 Å². The first kappa shape index (κ1) is 17.4. The molecule has 0 bridgehead atoms. The van der Waals surface area contributed by atoms with Crippen LogP contribution in [0.5, 0.6) is 0 Å². The Kier molecular flexibility index (Phi) is 6.71. The molecule has 0 heterocycles. The second-order valence-electron chi connectivity index (χ2n) is 5.47. The van der Waals surface area contributed by atoms with E-state index in [1.807, 2.05) is 61.5 Å². The zero-order chi connectivity index (χ0) is 17.2. The van der Waals surface area contributed by atoms with Crippen LogP contribution in [0.1, 0.15) is 29.5 Å². The third-order valence-electron chi connectivity index (χ3n) is 3.39. The Morgan fingerprint density at radius 3 is 2.33 bits per heavy atom. The van der Waals surface area contributed by atoms with Crippen molar-refractivity contribution in [2.45, 2.75) is 26.3 Å². The van der Waals surface area contributed by atoms with E-state index in [0.717, 1.165) is 16.7 Å². The molecule has 0 aliphatic rings. The fraction of sp³-hybridized carbons (Fsp3) is 0.211. The van der Waals surface area contributed by atoms with Crippen molar-refractivity contribution in [3.63, 3.8) is 0 Å². The van der Waals surface area contributed by atoms with E-state index in [4.69, 9.17) is 0 Å². The number of hydrogen-bond acceptors (Lipinski definition) is 3. The molecule has 0 radical (unpaired) electrons. The average Bonchev–Trinajstić information content (AvgIpc) is 2.61. The molecule has 0 saturated heterocycles. The molecule has 0 saturated carbocycles. The maximum Gasteiger partial charge on any atom is 0.240 e. The normalized spacial score (nSPS) is 10.5. The molecule has 2 amide bonds. The molecule has 0 fully saturated rings. The van der Waals surface area contributed by atoms with Crippen molar-refractivity contribution in [2.24, 2.45) is 5.10 Å². The van der Waals surface area contributed by atoms with E-state index in [0.29, 0.717) is 6.54 Å². The van der Waals surface area contributed by atoms with Gasteiger partial charge in [-0.2, -0.15) is 5.10 Å². The van der Waals surface area contributed by atoms with E-state index in [1.165, 1.54) is 0 Å². The van der Waals surface area contributed by atoms with Gasteiger partial charge in [0.15, 0.2) is 0 Å². The molecule has 2 rings (SSSR count). The number of hydrogen-bond donors (Lipinski definition) is 2. The van der Waals surface area contributed by atoms with Gasteiger partial charge in [0.2, 0.25) is 11.8 Å². The molecule has 124 valence electrons. The Morgan fingerprint density at radius 2 is 1.62 bits per heavy atom. The molecule has 0 spiro atoms. The van der Waals surface area contributed by atoms with Crippen LogP contribution in [0.4, 0.5) is 0 Å². The summed E-state index contributed by atoms with van der Waals surface area (Å²) in [5, 5.41) is 6.67. The van der Waals surface area contributed by atoms with Crippen LogP contribution in [0.15, 0.2) is 59.7 Å². The molecule has 2 aromatic carbocycles.